The second-order valence-electron chi connectivity index (χ2n) is 5.54. The van der Waals surface area contributed by atoms with E-state index >= 15 is 0 Å². The zero-order valence-corrected chi connectivity index (χ0v) is 16.2. The molecular formula is C16H18N4OS3. The van der Waals surface area contributed by atoms with E-state index in [-0.39, 0.29) is 0 Å². The van der Waals surface area contributed by atoms with Gasteiger partial charge in [0.2, 0.25) is 5.89 Å². The van der Waals surface area contributed by atoms with Gasteiger partial charge in [0.25, 0.3) is 0 Å². The predicted molar refractivity (Wildman–Crippen MR) is 98.6 cm³/mol. The Morgan fingerprint density at radius 2 is 1.71 bits per heavy atom. The van der Waals surface area contributed by atoms with Crippen LogP contribution in [0.3, 0.4) is 0 Å². The van der Waals surface area contributed by atoms with Gasteiger partial charge >= 0.3 is 0 Å². The molecule has 24 heavy (non-hydrogen) atoms. The third-order valence-corrected chi connectivity index (χ3v) is 6.53. The topological polar surface area (TPSA) is 64.7 Å². The standard InChI is InChI=1S/C16H18N4OS3/c1-10(2)13-6-4-12(5-7-13)8-22-15-18-19-16(24-15)23-9-14-17-11(3)20-21-14/h4-7,10H,8-9H2,1-3H3. The molecule has 0 N–H and O–H groups in total. The van der Waals surface area contributed by atoms with Crippen molar-refractivity contribution in [2.75, 3.05) is 0 Å². The van der Waals surface area contributed by atoms with Gasteiger partial charge in [0.1, 0.15) is 0 Å². The van der Waals surface area contributed by atoms with E-state index in [9.17, 15) is 0 Å². The van der Waals surface area contributed by atoms with Crippen LogP contribution >= 0.6 is 34.9 Å². The first-order valence-corrected chi connectivity index (χ1v) is 10.4. The third kappa shape index (κ3) is 4.81. The molecule has 8 heteroatoms. The Labute approximate surface area is 153 Å². The number of benzene rings is 1. The number of aromatic nitrogens is 4. The molecule has 0 amide bonds. The van der Waals surface area contributed by atoms with Gasteiger partial charge in [0.05, 0.1) is 5.75 Å². The summed E-state index contributed by atoms with van der Waals surface area (Å²) in [6, 6.07) is 8.79. The summed E-state index contributed by atoms with van der Waals surface area (Å²) in [5.41, 5.74) is 2.67. The van der Waals surface area contributed by atoms with Gasteiger partial charge in [0.15, 0.2) is 14.5 Å². The minimum Gasteiger partial charge on any atom is -0.338 e. The van der Waals surface area contributed by atoms with Crippen LogP contribution in [0.5, 0.6) is 0 Å². The van der Waals surface area contributed by atoms with E-state index in [1.807, 2.05) is 6.92 Å². The van der Waals surface area contributed by atoms with E-state index in [4.69, 9.17) is 4.52 Å². The first kappa shape index (κ1) is 17.4. The molecule has 2 heterocycles. The Hall–Kier alpha value is -1.38. The fourth-order valence-electron chi connectivity index (χ4n) is 1.98. The molecule has 0 spiro atoms. The highest BCUT2D eigenvalue weighted by atomic mass is 32.2. The van der Waals surface area contributed by atoms with Crippen LogP contribution < -0.4 is 0 Å². The lowest BCUT2D eigenvalue weighted by Gasteiger charge is -2.05. The third-order valence-electron chi connectivity index (χ3n) is 3.29. The average Bonchev–Trinajstić information content (AvgIpc) is 3.20. The van der Waals surface area contributed by atoms with E-state index in [0.29, 0.717) is 23.4 Å². The SMILES string of the molecule is Cc1noc(CSc2nnc(SCc3ccc(C(C)C)cc3)s2)n1. The Bertz CT molecular complexity index is 783. The van der Waals surface area contributed by atoms with Crippen molar-refractivity contribution in [1.29, 1.82) is 0 Å². The van der Waals surface area contributed by atoms with Crippen LogP contribution in [0.2, 0.25) is 0 Å². The van der Waals surface area contributed by atoms with Gasteiger partial charge in [-0.1, -0.05) is 78.1 Å². The summed E-state index contributed by atoms with van der Waals surface area (Å²) in [5, 5.41) is 12.2. The molecular weight excluding hydrogens is 360 g/mol. The maximum Gasteiger partial charge on any atom is 0.237 e. The van der Waals surface area contributed by atoms with Gasteiger partial charge in [-0.2, -0.15) is 4.98 Å². The molecule has 0 aliphatic heterocycles. The highest BCUT2D eigenvalue weighted by Crippen LogP contribution is 2.32. The van der Waals surface area contributed by atoms with Crippen LogP contribution in [-0.4, -0.2) is 20.3 Å². The second kappa shape index (κ2) is 8.13. The quantitative estimate of drug-likeness (QED) is 0.540. The van der Waals surface area contributed by atoms with E-state index < -0.39 is 0 Å². The fourth-order valence-corrected chi connectivity index (χ4v) is 4.79. The summed E-state index contributed by atoms with van der Waals surface area (Å²) in [6.45, 7) is 6.23. The van der Waals surface area contributed by atoms with Gasteiger partial charge in [-0.3, -0.25) is 0 Å². The lowest BCUT2D eigenvalue weighted by molar-refractivity contribution is 0.387. The molecule has 3 rings (SSSR count). The molecule has 0 unspecified atom stereocenters. The molecule has 5 nitrogen and oxygen atoms in total. The molecule has 0 fully saturated rings. The van der Waals surface area contributed by atoms with E-state index in [0.717, 1.165) is 14.4 Å². The minimum absolute atomic E-state index is 0.567. The summed E-state index contributed by atoms with van der Waals surface area (Å²) in [6.07, 6.45) is 0. The zero-order valence-electron chi connectivity index (χ0n) is 13.7. The summed E-state index contributed by atoms with van der Waals surface area (Å²) in [7, 11) is 0. The maximum absolute atomic E-state index is 5.09. The lowest BCUT2D eigenvalue weighted by Crippen LogP contribution is -1.87. The molecule has 1 aromatic carbocycles. The maximum atomic E-state index is 5.09. The Morgan fingerprint density at radius 1 is 1.04 bits per heavy atom. The summed E-state index contributed by atoms with van der Waals surface area (Å²) in [4.78, 5) is 4.18. The largest absolute Gasteiger partial charge is 0.338 e. The van der Waals surface area contributed by atoms with Crippen molar-refractivity contribution in [1.82, 2.24) is 20.3 Å². The molecule has 0 aliphatic carbocycles. The first-order valence-electron chi connectivity index (χ1n) is 7.57. The zero-order chi connectivity index (χ0) is 16.9. The van der Waals surface area contributed by atoms with Crippen molar-refractivity contribution in [3.8, 4) is 0 Å². The highest BCUT2D eigenvalue weighted by molar-refractivity contribution is 8.02. The molecule has 0 saturated heterocycles. The monoisotopic (exact) mass is 378 g/mol. The van der Waals surface area contributed by atoms with Crippen molar-refractivity contribution >= 4 is 34.9 Å². The summed E-state index contributed by atoms with van der Waals surface area (Å²) >= 11 is 4.88. The molecule has 0 aliphatic rings. The van der Waals surface area contributed by atoms with Crippen molar-refractivity contribution < 1.29 is 4.52 Å². The van der Waals surface area contributed by atoms with Crippen LogP contribution in [-0.2, 0) is 11.5 Å². The molecule has 126 valence electrons. The van der Waals surface area contributed by atoms with Gasteiger partial charge in [0, 0.05) is 5.75 Å². The van der Waals surface area contributed by atoms with Gasteiger partial charge < -0.3 is 4.52 Å². The number of rotatable bonds is 7. The van der Waals surface area contributed by atoms with E-state index in [1.165, 1.54) is 11.1 Å². The average molecular weight is 379 g/mol. The molecule has 0 bridgehead atoms. The fraction of sp³-hybridized carbons (Fsp3) is 0.375. The molecule has 0 radical (unpaired) electrons. The molecule has 3 aromatic rings. The van der Waals surface area contributed by atoms with Crippen LogP contribution in [0.15, 0.2) is 37.5 Å². The van der Waals surface area contributed by atoms with Crippen LogP contribution in [0.1, 0.15) is 42.6 Å². The summed E-state index contributed by atoms with van der Waals surface area (Å²) in [5.74, 6) is 3.36. The minimum atomic E-state index is 0.567. The van der Waals surface area contributed by atoms with Crippen LogP contribution in [0, 0.1) is 6.92 Å². The Balaban J connectivity index is 1.50. The summed E-state index contributed by atoms with van der Waals surface area (Å²) < 4.78 is 6.99. The van der Waals surface area contributed by atoms with E-state index in [2.05, 4.69) is 58.5 Å². The van der Waals surface area contributed by atoms with E-state index in [1.54, 1.807) is 34.9 Å². The van der Waals surface area contributed by atoms with Crippen molar-refractivity contribution in [2.24, 2.45) is 0 Å². The Kier molecular flexibility index (Phi) is 5.91. The van der Waals surface area contributed by atoms with Gasteiger partial charge in [-0.05, 0) is 24.0 Å². The van der Waals surface area contributed by atoms with Crippen molar-refractivity contribution in [3.05, 3.63) is 47.1 Å². The molecule has 0 atom stereocenters. The van der Waals surface area contributed by atoms with Crippen LogP contribution in [0.25, 0.3) is 0 Å². The highest BCUT2D eigenvalue weighted by Gasteiger charge is 2.09. The van der Waals surface area contributed by atoms with Crippen molar-refractivity contribution in [2.45, 2.75) is 46.9 Å². The number of hydrogen-bond acceptors (Lipinski definition) is 8. The smallest absolute Gasteiger partial charge is 0.237 e. The van der Waals surface area contributed by atoms with Crippen LogP contribution in [0.4, 0.5) is 0 Å². The predicted octanol–water partition coefficient (Wildman–Crippen LogP) is 4.94. The number of nitrogens with zero attached hydrogens (tertiary/aromatic N) is 4. The number of aryl methyl sites for hydroxylation is 1. The van der Waals surface area contributed by atoms with Gasteiger partial charge in [-0.15, -0.1) is 10.2 Å². The lowest BCUT2D eigenvalue weighted by atomic mass is 10.0. The number of hydrogen-bond donors (Lipinski definition) is 0. The normalized spacial score (nSPS) is 11.3. The van der Waals surface area contributed by atoms with Gasteiger partial charge in [-0.25, -0.2) is 0 Å². The molecule has 0 saturated carbocycles. The Morgan fingerprint density at radius 3 is 2.29 bits per heavy atom. The second-order valence-corrected chi connectivity index (χ2v) is 8.97. The number of thioether (sulfide) groups is 2. The molecule has 2 aromatic heterocycles. The van der Waals surface area contributed by atoms with Crippen molar-refractivity contribution in [3.63, 3.8) is 0 Å². The first-order chi connectivity index (χ1) is 11.6.